The Hall–Kier alpha value is -0.870. The number of nitrogens with zero attached hydrogens (tertiary/aromatic N) is 1. The minimum absolute atomic E-state index is 0.257. The monoisotopic (exact) mass is 240 g/mol. The topological polar surface area (TPSA) is 37.4 Å². The molecule has 1 aromatic rings. The van der Waals surface area contributed by atoms with E-state index in [-0.39, 0.29) is 4.90 Å². The highest BCUT2D eigenvalue weighted by Crippen LogP contribution is 2.14. The second-order valence-corrected chi connectivity index (χ2v) is 5.48. The normalized spacial score (nSPS) is 11.9. The molecule has 0 aromatic heterocycles. The number of unbranched alkanes of at least 4 members (excludes halogenated alkanes) is 1. The molecule has 1 radical (unpaired) electrons. The summed E-state index contributed by atoms with van der Waals surface area (Å²) in [5.74, 6) is 0. The maximum Gasteiger partial charge on any atom is 0.243 e. The lowest BCUT2D eigenvalue weighted by atomic mass is 10.3. The van der Waals surface area contributed by atoms with Crippen LogP contribution in [0.25, 0.3) is 0 Å². The first-order valence-electron chi connectivity index (χ1n) is 5.59. The van der Waals surface area contributed by atoms with Gasteiger partial charge >= 0.3 is 0 Å². The van der Waals surface area contributed by atoms with Gasteiger partial charge in [-0.15, -0.1) is 0 Å². The quantitative estimate of drug-likeness (QED) is 0.765. The van der Waals surface area contributed by atoms with Crippen LogP contribution in [0.5, 0.6) is 0 Å². The van der Waals surface area contributed by atoms with Gasteiger partial charge in [0.2, 0.25) is 10.0 Å². The fourth-order valence-corrected chi connectivity index (χ4v) is 2.91. The van der Waals surface area contributed by atoms with E-state index in [9.17, 15) is 8.42 Å². The molecule has 0 amide bonds. The van der Waals surface area contributed by atoms with Crippen LogP contribution >= 0.6 is 0 Å². The van der Waals surface area contributed by atoms with E-state index >= 15 is 0 Å². The zero-order chi connectivity index (χ0) is 12.0. The first-order valence-corrected chi connectivity index (χ1v) is 7.03. The zero-order valence-corrected chi connectivity index (χ0v) is 10.6. The Morgan fingerprint density at radius 3 is 2.56 bits per heavy atom. The summed E-state index contributed by atoms with van der Waals surface area (Å²) in [6.07, 6.45) is 1.88. The molecule has 0 aliphatic carbocycles. The summed E-state index contributed by atoms with van der Waals surface area (Å²) in [6.45, 7) is 4.99. The summed E-state index contributed by atoms with van der Waals surface area (Å²) in [5.41, 5.74) is 0. The number of hydrogen-bond donors (Lipinski definition) is 0. The van der Waals surface area contributed by atoms with Crippen molar-refractivity contribution in [3.05, 3.63) is 30.3 Å². The van der Waals surface area contributed by atoms with Gasteiger partial charge in [-0.05, 0) is 12.5 Å². The van der Waals surface area contributed by atoms with Gasteiger partial charge in [-0.25, -0.2) is 8.42 Å². The molecule has 3 nitrogen and oxygen atoms in total. The molecule has 89 valence electrons. The molecule has 16 heavy (non-hydrogen) atoms. The second-order valence-electron chi connectivity index (χ2n) is 3.58. The fraction of sp³-hybridized carbons (Fsp3) is 0.500. The van der Waals surface area contributed by atoms with E-state index in [1.54, 1.807) is 24.3 Å². The summed E-state index contributed by atoms with van der Waals surface area (Å²) in [5, 5.41) is 0. The van der Waals surface area contributed by atoms with Crippen molar-refractivity contribution in [1.29, 1.82) is 0 Å². The number of benzene rings is 1. The molecule has 4 heteroatoms. The van der Waals surface area contributed by atoms with E-state index in [1.807, 2.05) is 6.92 Å². The number of sulfonamides is 1. The lowest BCUT2D eigenvalue weighted by Gasteiger charge is -2.19. The van der Waals surface area contributed by atoms with E-state index in [4.69, 9.17) is 0 Å². The predicted octanol–water partition coefficient (Wildman–Crippen LogP) is 2.30. The predicted molar refractivity (Wildman–Crippen MR) is 64.6 cm³/mol. The number of hydrogen-bond acceptors (Lipinski definition) is 2. The van der Waals surface area contributed by atoms with Crippen LogP contribution in [0.3, 0.4) is 0 Å². The SMILES string of the molecule is CCCCN(CC)S(=O)(=O)c1[c]cccc1. The minimum atomic E-state index is -3.35. The van der Waals surface area contributed by atoms with Crippen LogP contribution in [-0.4, -0.2) is 25.8 Å². The van der Waals surface area contributed by atoms with Crippen molar-refractivity contribution in [1.82, 2.24) is 4.31 Å². The molecule has 0 aliphatic rings. The van der Waals surface area contributed by atoms with Gasteiger partial charge in [-0.3, -0.25) is 0 Å². The zero-order valence-electron chi connectivity index (χ0n) is 9.81. The molecule has 0 bridgehead atoms. The average Bonchev–Trinajstić information content (AvgIpc) is 2.31. The van der Waals surface area contributed by atoms with Gasteiger partial charge < -0.3 is 0 Å². The first kappa shape index (κ1) is 13.2. The highest BCUT2D eigenvalue weighted by Gasteiger charge is 2.21. The molecule has 0 unspecified atom stereocenters. The maximum absolute atomic E-state index is 12.2. The molecule has 0 atom stereocenters. The van der Waals surface area contributed by atoms with Crippen molar-refractivity contribution >= 4 is 10.0 Å². The van der Waals surface area contributed by atoms with Gasteiger partial charge in [0.15, 0.2) is 0 Å². The summed E-state index contributed by atoms with van der Waals surface area (Å²) in [7, 11) is -3.35. The molecule has 0 saturated heterocycles. The van der Waals surface area contributed by atoms with Gasteiger partial charge in [-0.2, -0.15) is 4.31 Å². The molecular formula is C12H18NO2S. The molecular weight excluding hydrogens is 222 g/mol. The van der Waals surface area contributed by atoms with Gasteiger partial charge in [-0.1, -0.05) is 38.5 Å². The van der Waals surface area contributed by atoms with E-state index in [0.717, 1.165) is 12.8 Å². The highest BCUT2D eigenvalue weighted by molar-refractivity contribution is 7.89. The standard InChI is InChI=1S/C12H18NO2S/c1-3-5-11-13(4-2)16(14,15)12-9-7-6-8-10-12/h6-9H,3-5,11H2,1-2H3. The summed E-state index contributed by atoms with van der Waals surface area (Å²) in [4.78, 5) is 0.257. The minimum Gasteiger partial charge on any atom is -0.207 e. The number of rotatable bonds is 6. The van der Waals surface area contributed by atoms with Crippen LogP contribution in [0.1, 0.15) is 26.7 Å². The molecule has 0 heterocycles. The van der Waals surface area contributed by atoms with Crippen molar-refractivity contribution in [2.45, 2.75) is 31.6 Å². The first-order chi connectivity index (χ1) is 7.62. The molecule has 0 saturated carbocycles. The second kappa shape index (κ2) is 6.01. The Morgan fingerprint density at radius 2 is 2.06 bits per heavy atom. The van der Waals surface area contributed by atoms with Crippen LogP contribution in [0, 0.1) is 6.07 Å². The van der Waals surface area contributed by atoms with E-state index in [2.05, 4.69) is 13.0 Å². The van der Waals surface area contributed by atoms with Crippen LogP contribution in [-0.2, 0) is 10.0 Å². The van der Waals surface area contributed by atoms with Gasteiger partial charge in [0.1, 0.15) is 0 Å². The summed E-state index contributed by atoms with van der Waals surface area (Å²) < 4.78 is 25.8. The lowest BCUT2D eigenvalue weighted by Crippen LogP contribution is -2.31. The van der Waals surface area contributed by atoms with Crippen LogP contribution in [0.15, 0.2) is 29.2 Å². The third kappa shape index (κ3) is 3.06. The van der Waals surface area contributed by atoms with Crippen molar-refractivity contribution in [3.8, 4) is 0 Å². The van der Waals surface area contributed by atoms with Crippen molar-refractivity contribution in [3.63, 3.8) is 0 Å². The fourth-order valence-electron chi connectivity index (χ4n) is 1.46. The Labute approximate surface area is 98.1 Å². The molecule has 0 fully saturated rings. The third-order valence-corrected chi connectivity index (χ3v) is 4.34. The lowest BCUT2D eigenvalue weighted by molar-refractivity contribution is 0.419. The Kier molecular flexibility index (Phi) is 4.96. The van der Waals surface area contributed by atoms with Gasteiger partial charge in [0, 0.05) is 19.2 Å². The maximum atomic E-state index is 12.2. The molecule has 1 rings (SSSR count). The Morgan fingerprint density at radius 1 is 1.31 bits per heavy atom. The summed E-state index contributed by atoms with van der Waals surface area (Å²) in [6, 6.07) is 9.47. The largest absolute Gasteiger partial charge is 0.243 e. The van der Waals surface area contributed by atoms with Gasteiger partial charge in [0.05, 0.1) is 4.90 Å². The molecule has 0 spiro atoms. The Balaban J connectivity index is 2.91. The smallest absolute Gasteiger partial charge is 0.207 e. The van der Waals surface area contributed by atoms with Gasteiger partial charge in [0.25, 0.3) is 0 Å². The van der Waals surface area contributed by atoms with Crippen LogP contribution in [0.4, 0.5) is 0 Å². The molecule has 1 aromatic carbocycles. The van der Waals surface area contributed by atoms with E-state index in [0.29, 0.717) is 13.1 Å². The third-order valence-electron chi connectivity index (χ3n) is 2.41. The van der Waals surface area contributed by atoms with Crippen molar-refractivity contribution in [2.24, 2.45) is 0 Å². The highest BCUT2D eigenvalue weighted by atomic mass is 32.2. The summed E-state index contributed by atoms with van der Waals surface area (Å²) >= 11 is 0. The average molecular weight is 240 g/mol. The van der Waals surface area contributed by atoms with E-state index < -0.39 is 10.0 Å². The Bertz CT molecular complexity index is 400. The molecule has 0 aliphatic heterocycles. The van der Waals surface area contributed by atoms with E-state index in [1.165, 1.54) is 4.31 Å². The van der Waals surface area contributed by atoms with Crippen molar-refractivity contribution < 1.29 is 8.42 Å². The van der Waals surface area contributed by atoms with Crippen LogP contribution < -0.4 is 0 Å². The van der Waals surface area contributed by atoms with Crippen molar-refractivity contribution in [2.75, 3.05) is 13.1 Å². The van der Waals surface area contributed by atoms with Crippen LogP contribution in [0.2, 0.25) is 0 Å². The molecule has 0 N–H and O–H groups in total.